The lowest BCUT2D eigenvalue weighted by atomic mass is 9.96. The van der Waals surface area contributed by atoms with Crippen molar-refractivity contribution >= 4 is 11.8 Å². The third-order valence-electron chi connectivity index (χ3n) is 4.72. The normalized spacial score (nSPS) is 18.0. The number of ether oxygens (including phenoxy) is 1. The van der Waals surface area contributed by atoms with Gasteiger partial charge in [0.05, 0.1) is 7.11 Å². The van der Waals surface area contributed by atoms with E-state index in [1.807, 2.05) is 25.3 Å². The summed E-state index contributed by atoms with van der Waals surface area (Å²) in [5.74, 6) is 2.98. The van der Waals surface area contributed by atoms with Crippen LogP contribution in [0.3, 0.4) is 0 Å². The number of rotatable bonds is 7. The smallest absolute Gasteiger partial charge is 0.191 e. The Morgan fingerprint density at radius 2 is 2.27 bits per heavy atom. The molecule has 1 aromatic carbocycles. The molecule has 140 valence electrons. The van der Waals surface area contributed by atoms with Crippen molar-refractivity contribution in [2.24, 2.45) is 7.05 Å². The van der Waals surface area contributed by atoms with Gasteiger partial charge in [0.1, 0.15) is 5.82 Å². The SMILES string of the molecule is C=CCSc1nnc([C@H]2CCCN(Cc3ccc(O)c(OC)c3)C2)n1C. The molecule has 6 nitrogen and oxygen atoms in total. The first kappa shape index (κ1) is 18.8. The number of benzene rings is 1. The number of methoxy groups -OCH3 is 1. The number of piperidine rings is 1. The summed E-state index contributed by atoms with van der Waals surface area (Å²) in [5.41, 5.74) is 1.14. The summed E-state index contributed by atoms with van der Waals surface area (Å²) in [6.07, 6.45) is 4.16. The molecule has 2 aromatic rings. The Kier molecular flexibility index (Phi) is 6.21. The fourth-order valence-corrected chi connectivity index (χ4v) is 4.08. The van der Waals surface area contributed by atoms with Gasteiger partial charge in [-0.3, -0.25) is 4.90 Å². The predicted octanol–water partition coefficient (Wildman–Crippen LogP) is 3.19. The molecule has 1 aromatic heterocycles. The fraction of sp³-hybridized carbons (Fsp3) is 0.474. The lowest BCUT2D eigenvalue weighted by molar-refractivity contribution is 0.194. The molecule has 0 spiro atoms. The first-order chi connectivity index (χ1) is 12.6. The number of phenolic OH excluding ortho intramolecular Hbond substituents is 1. The van der Waals surface area contributed by atoms with Gasteiger partial charge in [-0.2, -0.15) is 0 Å². The maximum absolute atomic E-state index is 9.76. The highest BCUT2D eigenvalue weighted by Gasteiger charge is 2.26. The van der Waals surface area contributed by atoms with Crippen LogP contribution in [0.4, 0.5) is 0 Å². The molecule has 3 rings (SSSR count). The molecule has 1 atom stereocenters. The highest BCUT2D eigenvalue weighted by molar-refractivity contribution is 7.99. The van der Waals surface area contributed by atoms with Crippen LogP contribution in [-0.2, 0) is 13.6 Å². The average Bonchev–Trinajstić information content (AvgIpc) is 3.02. The molecule has 0 aliphatic carbocycles. The van der Waals surface area contributed by atoms with Gasteiger partial charge in [-0.05, 0) is 37.1 Å². The van der Waals surface area contributed by atoms with Crippen molar-refractivity contribution in [3.8, 4) is 11.5 Å². The molecule has 7 heteroatoms. The minimum Gasteiger partial charge on any atom is -0.504 e. The van der Waals surface area contributed by atoms with Crippen LogP contribution in [0.2, 0.25) is 0 Å². The average molecular weight is 375 g/mol. The third-order valence-corrected chi connectivity index (χ3v) is 5.74. The van der Waals surface area contributed by atoms with E-state index < -0.39 is 0 Å². The van der Waals surface area contributed by atoms with Crippen molar-refractivity contribution in [2.45, 2.75) is 30.5 Å². The molecular weight excluding hydrogens is 348 g/mol. The van der Waals surface area contributed by atoms with Crippen LogP contribution < -0.4 is 4.74 Å². The predicted molar refractivity (Wildman–Crippen MR) is 104 cm³/mol. The number of likely N-dealkylation sites (tertiary alicyclic amines) is 1. The second kappa shape index (κ2) is 8.60. The van der Waals surface area contributed by atoms with Gasteiger partial charge in [0.2, 0.25) is 0 Å². The zero-order valence-electron chi connectivity index (χ0n) is 15.4. The summed E-state index contributed by atoms with van der Waals surface area (Å²) < 4.78 is 7.33. The number of aromatic hydroxyl groups is 1. The zero-order chi connectivity index (χ0) is 18.5. The van der Waals surface area contributed by atoms with Crippen molar-refractivity contribution in [2.75, 3.05) is 26.0 Å². The second-order valence-corrected chi connectivity index (χ2v) is 7.57. The molecule has 26 heavy (non-hydrogen) atoms. The van der Waals surface area contributed by atoms with E-state index in [2.05, 4.69) is 26.2 Å². The van der Waals surface area contributed by atoms with E-state index in [1.54, 1.807) is 24.9 Å². The molecule has 0 radical (unpaired) electrons. The lowest BCUT2D eigenvalue weighted by Gasteiger charge is -2.32. The molecule has 1 aliphatic rings. The standard InChI is InChI=1S/C19H26N4O2S/c1-4-10-26-19-21-20-18(22(19)2)15-6-5-9-23(13-15)12-14-7-8-16(24)17(11-14)25-3/h4,7-8,11,15,24H,1,5-6,9-10,12-13H2,2-3H3/t15-/m0/s1. The first-order valence-electron chi connectivity index (χ1n) is 8.83. The monoisotopic (exact) mass is 374 g/mol. The molecule has 0 saturated carbocycles. The molecule has 1 fully saturated rings. The van der Waals surface area contributed by atoms with Gasteiger partial charge < -0.3 is 14.4 Å². The molecule has 0 bridgehead atoms. The summed E-state index contributed by atoms with van der Waals surface area (Å²) in [6, 6.07) is 5.56. The van der Waals surface area contributed by atoms with E-state index in [4.69, 9.17) is 4.74 Å². The number of phenols is 1. The van der Waals surface area contributed by atoms with Crippen molar-refractivity contribution in [3.63, 3.8) is 0 Å². The number of nitrogens with zero attached hydrogens (tertiary/aromatic N) is 4. The number of hydrogen-bond donors (Lipinski definition) is 1. The van der Waals surface area contributed by atoms with E-state index in [0.717, 1.165) is 54.8 Å². The van der Waals surface area contributed by atoms with Crippen LogP contribution in [-0.4, -0.2) is 50.7 Å². The summed E-state index contributed by atoms with van der Waals surface area (Å²) in [5, 5.41) is 19.5. The van der Waals surface area contributed by atoms with E-state index in [-0.39, 0.29) is 5.75 Å². The van der Waals surface area contributed by atoms with Gasteiger partial charge in [0.25, 0.3) is 0 Å². The maximum Gasteiger partial charge on any atom is 0.191 e. The van der Waals surface area contributed by atoms with Crippen LogP contribution in [0.25, 0.3) is 0 Å². The van der Waals surface area contributed by atoms with Gasteiger partial charge in [0.15, 0.2) is 16.7 Å². The van der Waals surface area contributed by atoms with Crippen LogP contribution in [0.5, 0.6) is 11.5 Å². The highest BCUT2D eigenvalue weighted by Crippen LogP contribution is 2.30. The Bertz CT molecular complexity index is 762. The van der Waals surface area contributed by atoms with Crippen LogP contribution in [0, 0.1) is 0 Å². The van der Waals surface area contributed by atoms with Gasteiger partial charge in [-0.1, -0.05) is 23.9 Å². The minimum absolute atomic E-state index is 0.177. The van der Waals surface area contributed by atoms with Gasteiger partial charge in [-0.15, -0.1) is 16.8 Å². The quantitative estimate of drug-likeness (QED) is 0.593. The molecule has 1 aliphatic heterocycles. The fourth-order valence-electron chi connectivity index (χ4n) is 3.43. The molecule has 2 heterocycles. The molecule has 1 N–H and O–H groups in total. The lowest BCUT2D eigenvalue weighted by Crippen LogP contribution is -2.34. The Morgan fingerprint density at radius 1 is 1.42 bits per heavy atom. The highest BCUT2D eigenvalue weighted by atomic mass is 32.2. The van der Waals surface area contributed by atoms with Crippen molar-refractivity contribution in [1.29, 1.82) is 0 Å². The summed E-state index contributed by atoms with van der Waals surface area (Å²) >= 11 is 1.66. The topological polar surface area (TPSA) is 63.4 Å². The molecule has 1 saturated heterocycles. The molecular formula is C19H26N4O2S. The Hall–Kier alpha value is -1.99. The van der Waals surface area contributed by atoms with Gasteiger partial charge >= 0.3 is 0 Å². The summed E-state index contributed by atoms with van der Waals surface area (Å²) in [7, 11) is 3.62. The van der Waals surface area contributed by atoms with E-state index in [0.29, 0.717) is 11.7 Å². The summed E-state index contributed by atoms with van der Waals surface area (Å²) in [4.78, 5) is 2.44. The van der Waals surface area contributed by atoms with E-state index >= 15 is 0 Å². The van der Waals surface area contributed by atoms with Crippen molar-refractivity contribution in [1.82, 2.24) is 19.7 Å². The Morgan fingerprint density at radius 3 is 3.04 bits per heavy atom. The Labute approximate surface area is 158 Å². The molecule has 0 amide bonds. The van der Waals surface area contributed by atoms with Crippen molar-refractivity contribution in [3.05, 3.63) is 42.2 Å². The number of thioether (sulfide) groups is 1. The largest absolute Gasteiger partial charge is 0.504 e. The zero-order valence-corrected chi connectivity index (χ0v) is 16.2. The van der Waals surface area contributed by atoms with Crippen LogP contribution >= 0.6 is 11.8 Å². The third kappa shape index (κ3) is 4.22. The Balaban J connectivity index is 1.68. The molecule has 0 unspecified atom stereocenters. The number of hydrogen-bond acceptors (Lipinski definition) is 6. The number of aromatic nitrogens is 3. The van der Waals surface area contributed by atoms with Gasteiger partial charge in [-0.25, -0.2) is 0 Å². The van der Waals surface area contributed by atoms with Gasteiger partial charge in [0, 0.05) is 31.8 Å². The van der Waals surface area contributed by atoms with Crippen molar-refractivity contribution < 1.29 is 9.84 Å². The second-order valence-electron chi connectivity index (χ2n) is 6.58. The minimum atomic E-state index is 0.177. The van der Waals surface area contributed by atoms with Crippen LogP contribution in [0.1, 0.15) is 30.1 Å². The van der Waals surface area contributed by atoms with E-state index in [9.17, 15) is 5.11 Å². The maximum atomic E-state index is 9.76. The first-order valence-corrected chi connectivity index (χ1v) is 9.82. The van der Waals surface area contributed by atoms with Crippen LogP contribution in [0.15, 0.2) is 36.0 Å². The van der Waals surface area contributed by atoms with E-state index in [1.165, 1.54) is 0 Å². The summed E-state index contributed by atoms with van der Waals surface area (Å²) in [6.45, 7) is 6.62.